The first-order chi connectivity index (χ1) is 12.5. The Balaban J connectivity index is 1.95. The highest BCUT2D eigenvalue weighted by Gasteiger charge is 2.12. The molecule has 0 aliphatic carbocycles. The molecule has 4 nitrogen and oxygen atoms in total. The predicted molar refractivity (Wildman–Crippen MR) is 109 cm³/mol. The molecule has 2 aromatic carbocycles. The fourth-order valence-electron chi connectivity index (χ4n) is 2.49. The van der Waals surface area contributed by atoms with E-state index >= 15 is 0 Å². The number of rotatable bonds is 7. The number of nitrogens with one attached hydrogen (secondary N) is 2. The van der Waals surface area contributed by atoms with Crippen molar-refractivity contribution in [2.24, 2.45) is 0 Å². The van der Waals surface area contributed by atoms with Crippen molar-refractivity contribution in [1.82, 2.24) is 5.32 Å². The minimum absolute atomic E-state index is 0.0550. The van der Waals surface area contributed by atoms with Crippen molar-refractivity contribution in [3.8, 4) is 6.07 Å². The molecule has 0 aliphatic heterocycles. The maximum absolute atomic E-state index is 12.4. The molecule has 0 radical (unpaired) electrons. The number of amides is 1. The monoisotopic (exact) mass is 411 g/mol. The van der Waals surface area contributed by atoms with E-state index in [1.54, 1.807) is 0 Å². The van der Waals surface area contributed by atoms with Gasteiger partial charge in [-0.2, -0.15) is 5.26 Å². The second kappa shape index (κ2) is 9.79. The lowest BCUT2D eigenvalue weighted by Gasteiger charge is -2.13. The maximum Gasteiger partial charge on any atom is 0.267 e. The van der Waals surface area contributed by atoms with Crippen LogP contribution < -0.4 is 10.6 Å². The van der Waals surface area contributed by atoms with Crippen LogP contribution in [-0.2, 0) is 11.2 Å². The molecule has 5 heteroatoms. The highest BCUT2D eigenvalue weighted by atomic mass is 79.9. The van der Waals surface area contributed by atoms with E-state index in [1.807, 2.05) is 54.6 Å². The zero-order valence-corrected chi connectivity index (χ0v) is 16.5. The minimum atomic E-state index is -0.406. The summed E-state index contributed by atoms with van der Waals surface area (Å²) in [5, 5.41) is 15.2. The van der Waals surface area contributed by atoms with Crippen LogP contribution in [0.5, 0.6) is 0 Å². The number of hydrogen-bond donors (Lipinski definition) is 2. The fourth-order valence-corrected chi connectivity index (χ4v) is 2.76. The molecule has 0 heterocycles. The first kappa shape index (κ1) is 19.7. The molecule has 26 heavy (non-hydrogen) atoms. The summed E-state index contributed by atoms with van der Waals surface area (Å²) in [5.74, 6) is -0.123. The van der Waals surface area contributed by atoms with Crippen LogP contribution in [-0.4, -0.2) is 12.5 Å². The van der Waals surface area contributed by atoms with Crippen molar-refractivity contribution >= 4 is 27.5 Å². The van der Waals surface area contributed by atoms with Gasteiger partial charge in [-0.15, -0.1) is 0 Å². The Labute approximate surface area is 163 Å². The number of para-hydroxylation sites is 1. The van der Waals surface area contributed by atoms with Gasteiger partial charge in [0.25, 0.3) is 5.91 Å². The molecule has 0 bridgehead atoms. The summed E-state index contributed by atoms with van der Waals surface area (Å²) >= 11 is 3.41. The number of nitrogens with zero attached hydrogens (tertiary/aromatic N) is 1. The van der Waals surface area contributed by atoms with Crippen molar-refractivity contribution in [2.75, 3.05) is 11.9 Å². The van der Waals surface area contributed by atoms with Gasteiger partial charge in [0.2, 0.25) is 0 Å². The number of carbonyl (C=O) groups is 1. The second-order valence-corrected chi connectivity index (χ2v) is 7.11. The lowest BCUT2D eigenvalue weighted by Crippen LogP contribution is -2.18. The fraction of sp³-hybridized carbons (Fsp3) is 0.238. The molecule has 0 fully saturated rings. The number of benzene rings is 2. The molecule has 1 amide bonds. The highest BCUT2D eigenvalue weighted by Crippen LogP contribution is 2.24. The van der Waals surface area contributed by atoms with Crippen LogP contribution in [0.25, 0.3) is 0 Å². The van der Waals surface area contributed by atoms with Crippen LogP contribution in [0.15, 0.2) is 64.8 Å². The average molecular weight is 412 g/mol. The molecule has 0 aromatic heterocycles. The van der Waals surface area contributed by atoms with E-state index < -0.39 is 5.91 Å². The summed E-state index contributed by atoms with van der Waals surface area (Å²) in [6.45, 7) is 4.77. The second-order valence-electron chi connectivity index (χ2n) is 6.20. The van der Waals surface area contributed by atoms with E-state index in [0.717, 1.165) is 22.1 Å². The van der Waals surface area contributed by atoms with Crippen LogP contribution in [0.2, 0.25) is 0 Å². The third-order valence-electron chi connectivity index (χ3n) is 3.91. The van der Waals surface area contributed by atoms with Gasteiger partial charge < -0.3 is 10.6 Å². The van der Waals surface area contributed by atoms with Crippen LogP contribution in [0.3, 0.4) is 0 Å². The highest BCUT2D eigenvalue weighted by molar-refractivity contribution is 9.10. The van der Waals surface area contributed by atoms with Gasteiger partial charge in [-0.25, -0.2) is 0 Å². The van der Waals surface area contributed by atoms with Crippen LogP contribution in [0.1, 0.15) is 30.9 Å². The molecular weight excluding hydrogens is 390 g/mol. The van der Waals surface area contributed by atoms with Crippen LogP contribution >= 0.6 is 15.9 Å². The van der Waals surface area contributed by atoms with E-state index in [4.69, 9.17) is 0 Å². The van der Waals surface area contributed by atoms with Gasteiger partial charge in [0, 0.05) is 22.9 Å². The third-order valence-corrected chi connectivity index (χ3v) is 4.44. The summed E-state index contributed by atoms with van der Waals surface area (Å²) in [6.07, 6.45) is 2.28. The number of hydrogen-bond acceptors (Lipinski definition) is 3. The lowest BCUT2D eigenvalue weighted by molar-refractivity contribution is -0.112. The number of anilines is 1. The number of halogens is 1. The standard InChI is InChI=1S/C21H22BrN3O/c1-15(2)19-5-3-4-6-20(19)25-21(26)17(13-23)14-24-12-11-16-7-9-18(22)10-8-16/h3-10,14-15,24H,11-12H2,1-2H3,(H,25,26)/b17-14-. The molecule has 0 spiro atoms. The first-order valence-corrected chi connectivity index (χ1v) is 9.29. The van der Waals surface area contributed by atoms with Crippen molar-refractivity contribution in [1.29, 1.82) is 5.26 Å². The van der Waals surface area contributed by atoms with Crippen LogP contribution in [0.4, 0.5) is 5.69 Å². The SMILES string of the molecule is CC(C)c1ccccc1NC(=O)/C(C#N)=C\NCCc1ccc(Br)cc1. The van der Waals surface area contributed by atoms with Crippen molar-refractivity contribution < 1.29 is 4.79 Å². The smallest absolute Gasteiger partial charge is 0.267 e. The number of carbonyl (C=O) groups excluding carboxylic acids is 1. The molecule has 0 saturated carbocycles. The Morgan fingerprint density at radius 3 is 2.54 bits per heavy atom. The molecule has 2 aromatic rings. The summed E-state index contributed by atoms with van der Waals surface area (Å²) in [5.41, 5.74) is 3.02. The zero-order valence-electron chi connectivity index (χ0n) is 14.9. The Hall–Kier alpha value is -2.58. The van der Waals surface area contributed by atoms with E-state index in [0.29, 0.717) is 6.54 Å². The first-order valence-electron chi connectivity index (χ1n) is 8.49. The average Bonchev–Trinajstić information content (AvgIpc) is 2.63. The van der Waals surface area contributed by atoms with Gasteiger partial charge in [0.05, 0.1) is 0 Å². The zero-order chi connectivity index (χ0) is 18.9. The van der Waals surface area contributed by atoms with E-state index in [2.05, 4.69) is 40.4 Å². The van der Waals surface area contributed by atoms with Crippen molar-refractivity contribution in [3.05, 3.63) is 75.9 Å². The lowest BCUT2D eigenvalue weighted by atomic mass is 10.0. The Morgan fingerprint density at radius 2 is 1.88 bits per heavy atom. The molecule has 2 N–H and O–H groups in total. The Kier molecular flexibility index (Phi) is 7.43. The van der Waals surface area contributed by atoms with Gasteiger partial charge >= 0.3 is 0 Å². The Morgan fingerprint density at radius 1 is 1.19 bits per heavy atom. The van der Waals surface area contributed by atoms with E-state index in [1.165, 1.54) is 11.8 Å². The van der Waals surface area contributed by atoms with E-state index in [9.17, 15) is 10.1 Å². The molecular formula is C21H22BrN3O. The molecule has 2 rings (SSSR count). The van der Waals surface area contributed by atoms with Crippen LogP contribution in [0, 0.1) is 11.3 Å². The molecule has 0 atom stereocenters. The van der Waals surface area contributed by atoms with Crippen molar-refractivity contribution in [3.63, 3.8) is 0 Å². The van der Waals surface area contributed by atoms with Crippen molar-refractivity contribution in [2.45, 2.75) is 26.2 Å². The predicted octanol–water partition coefficient (Wildman–Crippen LogP) is 4.75. The van der Waals surface area contributed by atoms with Gasteiger partial charge in [0.15, 0.2) is 0 Å². The van der Waals surface area contributed by atoms with Gasteiger partial charge in [-0.05, 0) is 41.7 Å². The summed E-state index contributed by atoms with van der Waals surface area (Å²) in [7, 11) is 0. The maximum atomic E-state index is 12.4. The van der Waals surface area contributed by atoms with E-state index in [-0.39, 0.29) is 11.5 Å². The minimum Gasteiger partial charge on any atom is -0.389 e. The van der Waals surface area contributed by atoms with Gasteiger partial charge in [0.1, 0.15) is 11.6 Å². The summed E-state index contributed by atoms with van der Waals surface area (Å²) in [4.78, 5) is 12.4. The topological polar surface area (TPSA) is 64.9 Å². The third kappa shape index (κ3) is 5.75. The van der Waals surface area contributed by atoms with Gasteiger partial charge in [-0.1, -0.05) is 60.1 Å². The molecule has 134 valence electrons. The van der Waals surface area contributed by atoms with Gasteiger partial charge in [-0.3, -0.25) is 4.79 Å². The number of nitriles is 1. The molecule has 0 aliphatic rings. The largest absolute Gasteiger partial charge is 0.389 e. The summed E-state index contributed by atoms with van der Waals surface area (Å²) < 4.78 is 1.04. The summed E-state index contributed by atoms with van der Waals surface area (Å²) in [6, 6.07) is 17.7. The Bertz CT molecular complexity index is 820. The normalized spacial score (nSPS) is 11.1. The quantitative estimate of drug-likeness (QED) is 0.392. The molecule has 0 unspecified atom stereocenters. The molecule has 0 saturated heterocycles.